The van der Waals surface area contributed by atoms with Crippen molar-refractivity contribution in [3.05, 3.63) is 144 Å². The number of aryl methyl sites for hydroxylation is 1. The third-order valence-corrected chi connectivity index (χ3v) is 10.4. The average molecular weight is 567 g/mol. The SMILES string of the molecule is Cc1nc2ccccc2n1-c1ccc(-c2ccc3c(c2)C2(CCCCC2)c2cc(-c4cccc5ccccc45)ccc2-3)cc1. The molecule has 1 spiro atoms. The number of rotatable bonds is 3. The van der Waals surface area contributed by atoms with Gasteiger partial charge in [-0.2, -0.15) is 0 Å². The fourth-order valence-corrected chi connectivity index (χ4v) is 8.29. The Bertz CT molecular complexity index is 2200. The zero-order valence-corrected chi connectivity index (χ0v) is 25.1. The van der Waals surface area contributed by atoms with Crippen LogP contribution in [0.5, 0.6) is 0 Å². The van der Waals surface area contributed by atoms with Gasteiger partial charge in [0.25, 0.3) is 0 Å². The lowest BCUT2D eigenvalue weighted by Crippen LogP contribution is -2.28. The molecule has 6 aromatic carbocycles. The summed E-state index contributed by atoms with van der Waals surface area (Å²) in [4.78, 5) is 4.78. The van der Waals surface area contributed by atoms with Crippen LogP contribution >= 0.6 is 0 Å². The highest BCUT2D eigenvalue weighted by Gasteiger charge is 2.44. The maximum absolute atomic E-state index is 4.78. The van der Waals surface area contributed by atoms with Crippen molar-refractivity contribution in [1.29, 1.82) is 0 Å². The molecule has 0 unspecified atom stereocenters. The second-order valence-corrected chi connectivity index (χ2v) is 12.7. The van der Waals surface area contributed by atoms with Crippen LogP contribution in [0.4, 0.5) is 0 Å². The molecule has 0 radical (unpaired) electrons. The second-order valence-electron chi connectivity index (χ2n) is 12.7. The van der Waals surface area contributed by atoms with E-state index in [9.17, 15) is 0 Å². The van der Waals surface area contributed by atoms with Crippen molar-refractivity contribution in [3.8, 4) is 39.1 Å². The van der Waals surface area contributed by atoms with E-state index in [1.54, 1.807) is 0 Å². The van der Waals surface area contributed by atoms with Gasteiger partial charge in [0.15, 0.2) is 0 Å². The van der Waals surface area contributed by atoms with Crippen LogP contribution in [0.3, 0.4) is 0 Å². The summed E-state index contributed by atoms with van der Waals surface area (Å²) in [5.74, 6) is 1.01. The summed E-state index contributed by atoms with van der Waals surface area (Å²) in [5.41, 5.74) is 14.6. The van der Waals surface area contributed by atoms with E-state index in [0.717, 1.165) is 22.5 Å². The Hall–Kier alpha value is -4.95. The van der Waals surface area contributed by atoms with Crippen LogP contribution in [0.15, 0.2) is 127 Å². The van der Waals surface area contributed by atoms with Gasteiger partial charge in [0.2, 0.25) is 0 Å². The molecule has 0 saturated heterocycles. The number of hydrogen-bond donors (Lipinski definition) is 0. The minimum atomic E-state index is 0.0896. The Morgan fingerprint density at radius 1 is 0.568 bits per heavy atom. The van der Waals surface area contributed by atoms with E-state index >= 15 is 0 Å². The Morgan fingerprint density at radius 2 is 1.23 bits per heavy atom. The number of para-hydroxylation sites is 2. The maximum Gasteiger partial charge on any atom is 0.111 e. The first-order valence-corrected chi connectivity index (χ1v) is 16.0. The molecule has 0 N–H and O–H groups in total. The molecule has 7 aromatic rings. The van der Waals surface area contributed by atoms with Crippen molar-refractivity contribution in [2.24, 2.45) is 0 Å². The van der Waals surface area contributed by atoms with Crippen LogP contribution in [0, 0.1) is 6.92 Å². The molecule has 2 aliphatic rings. The molecule has 1 aromatic heterocycles. The lowest BCUT2D eigenvalue weighted by Gasteiger charge is -2.36. The minimum absolute atomic E-state index is 0.0896. The lowest BCUT2D eigenvalue weighted by atomic mass is 9.67. The molecule has 2 nitrogen and oxygen atoms in total. The van der Waals surface area contributed by atoms with Gasteiger partial charge in [-0.15, -0.1) is 0 Å². The summed E-state index contributed by atoms with van der Waals surface area (Å²) in [6.45, 7) is 2.08. The van der Waals surface area contributed by atoms with Gasteiger partial charge >= 0.3 is 0 Å². The fraction of sp³-hybridized carbons (Fsp3) is 0.167. The van der Waals surface area contributed by atoms with Crippen LogP contribution in [0.1, 0.15) is 49.1 Å². The van der Waals surface area contributed by atoms with Crippen molar-refractivity contribution in [2.75, 3.05) is 0 Å². The first-order chi connectivity index (χ1) is 21.7. The first-order valence-electron chi connectivity index (χ1n) is 16.0. The number of nitrogens with zero attached hydrogens (tertiary/aromatic N) is 2. The van der Waals surface area contributed by atoms with E-state index in [1.807, 2.05) is 0 Å². The summed E-state index contributed by atoms with van der Waals surface area (Å²) in [6, 6.07) is 47.4. The van der Waals surface area contributed by atoms with Crippen LogP contribution in [-0.4, -0.2) is 9.55 Å². The maximum atomic E-state index is 4.78. The van der Waals surface area contributed by atoms with Crippen LogP contribution < -0.4 is 0 Å². The summed E-state index contributed by atoms with van der Waals surface area (Å²) >= 11 is 0. The van der Waals surface area contributed by atoms with E-state index < -0.39 is 0 Å². The van der Waals surface area contributed by atoms with Gasteiger partial charge in [0, 0.05) is 11.1 Å². The molecular formula is C42H34N2. The normalized spacial score (nSPS) is 15.1. The van der Waals surface area contributed by atoms with Crippen LogP contribution in [0.2, 0.25) is 0 Å². The summed E-state index contributed by atoms with van der Waals surface area (Å²) < 4.78 is 2.25. The number of imidazole rings is 1. The quantitative estimate of drug-likeness (QED) is 0.208. The van der Waals surface area contributed by atoms with Gasteiger partial charge in [-0.25, -0.2) is 4.98 Å². The molecule has 0 atom stereocenters. The number of hydrogen-bond acceptors (Lipinski definition) is 1. The monoisotopic (exact) mass is 566 g/mol. The molecule has 0 aliphatic heterocycles. The van der Waals surface area contributed by atoms with Gasteiger partial charge in [-0.05, 0) is 111 Å². The molecule has 212 valence electrons. The highest BCUT2D eigenvalue weighted by atomic mass is 15.1. The first kappa shape index (κ1) is 25.5. The molecule has 1 fully saturated rings. The molecule has 9 rings (SSSR count). The lowest BCUT2D eigenvalue weighted by molar-refractivity contribution is 0.353. The van der Waals surface area contributed by atoms with E-state index in [-0.39, 0.29) is 5.41 Å². The Balaban J connectivity index is 1.14. The molecule has 1 saturated carbocycles. The molecule has 44 heavy (non-hydrogen) atoms. The third-order valence-electron chi connectivity index (χ3n) is 10.4. The highest BCUT2D eigenvalue weighted by molar-refractivity contribution is 5.98. The predicted octanol–water partition coefficient (Wildman–Crippen LogP) is 11.1. The zero-order chi connectivity index (χ0) is 29.3. The topological polar surface area (TPSA) is 17.8 Å². The van der Waals surface area contributed by atoms with Crippen molar-refractivity contribution >= 4 is 21.8 Å². The predicted molar refractivity (Wildman–Crippen MR) is 183 cm³/mol. The van der Waals surface area contributed by atoms with Gasteiger partial charge in [0.1, 0.15) is 5.82 Å². The molecule has 0 amide bonds. The molecule has 2 heteroatoms. The van der Waals surface area contributed by atoms with E-state index in [1.165, 1.54) is 87.4 Å². The average Bonchev–Trinajstić information content (AvgIpc) is 3.55. The van der Waals surface area contributed by atoms with E-state index in [2.05, 4.69) is 139 Å². The van der Waals surface area contributed by atoms with Crippen molar-refractivity contribution in [1.82, 2.24) is 9.55 Å². The van der Waals surface area contributed by atoms with Gasteiger partial charge in [0.05, 0.1) is 11.0 Å². The Morgan fingerprint density at radius 3 is 2.05 bits per heavy atom. The van der Waals surface area contributed by atoms with Crippen molar-refractivity contribution in [3.63, 3.8) is 0 Å². The summed E-state index contributed by atoms with van der Waals surface area (Å²) in [5, 5.41) is 2.63. The number of fused-ring (bicyclic) bond motifs is 7. The number of aromatic nitrogens is 2. The van der Waals surface area contributed by atoms with Crippen LogP contribution in [-0.2, 0) is 5.41 Å². The number of benzene rings is 6. The highest BCUT2D eigenvalue weighted by Crippen LogP contribution is 2.57. The van der Waals surface area contributed by atoms with Crippen molar-refractivity contribution < 1.29 is 0 Å². The van der Waals surface area contributed by atoms with Gasteiger partial charge < -0.3 is 0 Å². The van der Waals surface area contributed by atoms with E-state index in [0.29, 0.717) is 0 Å². The van der Waals surface area contributed by atoms with E-state index in [4.69, 9.17) is 4.98 Å². The Kier molecular flexibility index (Phi) is 5.68. The second kappa shape index (κ2) is 9.79. The van der Waals surface area contributed by atoms with Crippen LogP contribution in [0.25, 0.3) is 60.9 Å². The molecular weight excluding hydrogens is 532 g/mol. The van der Waals surface area contributed by atoms with Gasteiger partial charge in [-0.1, -0.05) is 110 Å². The zero-order valence-electron chi connectivity index (χ0n) is 25.1. The molecule has 2 aliphatic carbocycles. The largest absolute Gasteiger partial charge is 0.297 e. The summed E-state index contributed by atoms with van der Waals surface area (Å²) in [6.07, 6.45) is 6.35. The molecule has 1 heterocycles. The van der Waals surface area contributed by atoms with Crippen molar-refractivity contribution in [2.45, 2.75) is 44.4 Å². The smallest absolute Gasteiger partial charge is 0.111 e. The van der Waals surface area contributed by atoms with Gasteiger partial charge in [-0.3, -0.25) is 4.57 Å². The standard InChI is InChI=1S/C42H34N2/c1-28-43-40-14-5-6-15-41(40)44(28)33-20-16-29(17-21-33)31-18-22-36-37-23-19-32(35-13-9-11-30-10-3-4-12-34(30)35)27-39(37)42(38(36)26-31)24-7-2-8-25-42/h3-6,9-23,26-27H,2,7-8,24-25H2,1H3. The fourth-order valence-electron chi connectivity index (χ4n) is 8.29. The molecule has 0 bridgehead atoms. The third kappa shape index (κ3) is 3.77. The Labute approximate surface area is 258 Å². The summed E-state index contributed by atoms with van der Waals surface area (Å²) in [7, 11) is 0. The minimum Gasteiger partial charge on any atom is -0.297 e.